The molecular formula is C19H18F3N3O4. The Morgan fingerprint density at radius 3 is 2.79 bits per heavy atom. The van der Waals surface area contributed by atoms with Crippen molar-refractivity contribution in [2.75, 3.05) is 13.3 Å². The molecule has 0 atom stereocenters. The molecule has 29 heavy (non-hydrogen) atoms. The van der Waals surface area contributed by atoms with Crippen LogP contribution in [0.4, 0.5) is 13.2 Å². The smallest absolute Gasteiger partial charge is 0.387 e. The molecule has 7 nitrogen and oxygen atoms in total. The lowest BCUT2D eigenvalue weighted by atomic mass is 10.1. The summed E-state index contributed by atoms with van der Waals surface area (Å²) < 4.78 is 53.5. The van der Waals surface area contributed by atoms with Crippen LogP contribution in [0.25, 0.3) is 22.2 Å². The first kappa shape index (κ1) is 19.3. The standard InChI is InChI=1S/C19H18F3N3O4/c20-5-6-27-9-12-16-13(8-23-25-18(16)26)24-17(12)10-1-4-14(29-19(21)22)15(7-10)28-11-2-3-11/h1,4,7-8,11,19,24H,2-3,5-6,9H2,(H,25,26). The molecule has 0 saturated heterocycles. The van der Waals surface area contributed by atoms with Crippen molar-refractivity contribution in [1.29, 1.82) is 0 Å². The molecular weight excluding hydrogens is 391 g/mol. The van der Waals surface area contributed by atoms with Crippen LogP contribution < -0.4 is 15.0 Å². The van der Waals surface area contributed by atoms with Gasteiger partial charge >= 0.3 is 6.61 Å². The Bertz CT molecular complexity index is 1060. The molecule has 0 amide bonds. The van der Waals surface area contributed by atoms with E-state index in [0.717, 1.165) is 12.8 Å². The minimum atomic E-state index is -2.98. The third-order valence-corrected chi connectivity index (χ3v) is 4.45. The number of hydrogen-bond donors (Lipinski definition) is 2. The average molecular weight is 409 g/mol. The summed E-state index contributed by atoms with van der Waals surface area (Å²) in [7, 11) is 0. The quantitative estimate of drug-likeness (QED) is 0.528. The van der Waals surface area contributed by atoms with Gasteiger partial charge in [-0.05, 0) is 31.0 Å². The Morgan fingerprint density at radius 1 is 1.24 bits per heavy atom. The van der Waals surface area contributed by atoms with Crippen LogP contribution in [0.1, 0.15) is 18.4 Å². The SMILES string of the molecule is O=c1[nH]ncc2[nH]c(-c3ccc(OC(F)F)c(OC4CC4)c3)c(COCCF)c12. The molecule has 0 spiro atoms. The number of rotatable bonds is 9. The Labute approximate surface area is 162 Å². The van der Waals surface area contributed by atoms with Crippen molar-refractivity contribution in [3.8, 4) is 22.8 Å². The van der Waals surface area contributed by atoms with Gasteiger partial charge in [-0.15, -0.1) is 0 Å². The van der Waals surface area contributed by atoms with Crippen molar-refractivity contribution < 1.29 is 27.4 Å². The molecule has 1 fully saturated rings. The zero-order valence-corrected chi connectivity index (χ0v) is 15.2. The molecule has 0 bridgehead atoms. The van der Waals surface area contributed by atoms with Crippen molar-refractivity contribution in [3.05, 3.63) is 40.3 Å². The molecule has 154 valence electrons. The van der Waals surface area contributed by atoms with Crippen LogP contribution in [-0.2, 0) is 11.3 Å². The van der Waals surface area contributed by atoms with Crippen LogP contribution in [0.5, 0.6) is 11.5 Å². The molecule has 10 heteroatoms. The fourth-order valence-electron chi connectivity index (χ4n) is 3.06. The van der Waals surface area contributed by atoms with Gasteiger partial charge in [0.1, 0.15) is 6.67 Å². The molecule has 3 aromatic rings. The van der Waals surface area contributed by atoms with E-state index in [9.17, 15) is 18.0 Å². The van der Waals surface area contributed by atoms with Gasteiger partial charge in [0.15, 0.2) is 11.5 Å². The molecule has 1 aliphatic rings. The zero-order chi connectivity index (χ0) is 20.4. The van der Waals surface area contributed by atoms with E-state index in [1.54, 1.807) is 12.1 Å². The lowest BCUT2D eigenvalue weighted by Gasteiger charge is -2.14. The summed E-state index contributed by atoms with van der Waals surface area (Å²) in [6.45, 7) is -3.77. The number of nitrogens with one attached hydrogen (secondary N) is 2. The van der Waals surface area contributed by atoms with Crippen LogP contribution in [0.3, 0.4) is 0 Å². The van der Waals surface area contributed by atoms with Gasteiger partial charge in [0, 0.05) is 11.1 Å². The largest absolute Gasteiger partial charge is 0.487 e. The zero-order valence-electron chi connectivity index (χ0n) is 15.2. The maximum Gasteiger partial charge on any atom is 0.387 e. The molecule has 0 aliphatic heterocycles. The van der Waals surface area contributed by atoms with E-state index in [4.69, 9.17) is 9.47 Å². The van der Waals surface area contributed by atoms with E-state index in [1.807, 2.05) is 0 Å². The Kier molecular flexibility index (Phi) is 5.43. The highest BCUT2D eigenvalue weighted by Gasteiger charge is 2.26. The highest BCUT2D eigenvalue weighted by molar-refractivity contribution is 5.89. The van der Waals surface area contributed by atoms with Crippen LogP contribution in [0.15, 0.2) is 29.2 Å². The third-order valence-electron chi connectivity index (χ3n) is 4.45. The summed E-state index contributed by atoms with van der Waals surface area (Å²) in [6.07, 6.45) is 3.10. The minimum absolute atomic E-state index is 0.0134. The molecule has 4 rings (SSSR count). The number of H-pyrrole nitrogens is 2. The summed E-state index contributed by atoms with van der Waals surface area (Å²) >= 11 is 0. The van der Waals surface area contributed by atoms with E-state index < -0.39 is 18.8 Å². The first-order chi connectivity index (χ1) is 14.1. The Balaban J connectivity index is 1.79. The normalized spacial score (nSPS) is 13.9. The van der Waals surface area contributed by atoms with Crippen molar-refractivity contribution in [3.63, 3.8) is 0 Å². The summed E-state index contributed by atoms with van der Waals surface area (Å²) in [5.41, 5.74) is 1.67. The fraction of sp³-hybridized carbons (Fsp3) is 0.368. The van der Waals surface area contributed by atoms with Crippen LogP contribution in [0.2, 0.25) is 0 Å². The first-order valence-electron chi connectivity index (χ1n) is 9.04. The predicted octanol–water partition coefficient (Wildman–Crippen LogP) is 3.55. The molecule has 0 unspecified atom stereocenters. The lowest BCUT2D eigenvalue weighted by molar-refractivity contribution is -0.0516. The maximum absolute atomic E-state index is 12.7. The van der Waals surface area contributed by atoms with Gasteiger partial charge in [-0.25, -0.2) is 9.49 Å². The van der Waals surface area contributed by atoms with Crippen molar-refractivity contribution in [2.45, 2.75) is 32.2 Å². The van der Waals surface area contributed by atoms with Crippen LogP contribution in [0, 0.1) is 0 Å². The number of benzene rings is 1. The topological polar surface area (TPSA) is 89.2 Å². The van der Waals surface area contributed by atoms with E-state index in [0.29, 0.717) is 27.7 Å². The van der Waals surface area contributed by atoms with Gasteiger partial charge in [0.25, 0.3) is 5.56 Å². The second kappa shape index (κ2) is 8.16. The monoisotopic (exact) mass is 409 g/mol. The van der Waals surface area contributed by atoms with Crippen LogP contribution >= 0.6 is 0 Å². The van der Waals surface area contributed by atoms with E-state index >= 15 is 0 Å². The number of nitrogens with zero attached hydrogens (tertiary/aromatic N) is 1. The fourth-order valence-corrected chi connectivity index (χ4v) is 3.06. The number of aromatic amines is 2. The molecule has 1 saturated carbocycles. The maximum atomic E-state index is 12.7. The van der Waals surface area contributed by atoms with E-state index in [1.165, 1.54) is 12.3 Å². The lowest BCUT2D eigenvalue weighted by Crippen LogP contribution is -2.09. The van der Waals surface area contributed by atoms with E-state index in [2.05, 4.69) is 19.9 Å². The van der Waals surface area contributed by atoms with Crippen LogP contribution in [-0.4, -0.2) is 41.2 Å². The molecule has 1 aromatic carbocycles. The summed E-state index contributed by atoms with van der Waals surface area (Å²) in [5, 5.41) is 6.47. The molecule has 2 aromatic heterocycles. The molecule has 0 radical (unpaired) electrons. The number of halogens is 3. The van der Waals surface area contributed by atoms with Gasteiger partial charge in [-0.2, -0.15) is 13.9 Å². The predicted molar refractivity (Wildman–Crippen MR) is 98.1 cm³/mol. The number of alkyl halides is 3. The van der Waals surface area contributed by atoms with Crippen molar-refractivity contribution in [1.82, 2.24) is 15.2 Å². The number of fused-ring (bicyclic) bond motifs is 1. The number of ether oxygens (including phenoxy) is 3. The third kappa shape index (κ3) is 4.21. The van der Waals surface area contributed by atoms with Gasteiger partial charge in [0.2, 0.25) is 0 Å². The van der Waals surface area contributed by atoms with Crippen molar-refractivity contribution >= 4 is 10.9 Å². The van der Waals surface area contributed by atoms with Gasteiger partial charge < -0.3 is 19.2 Å². The highest BCUT2D eigenvalue weighted by Crippen LogP contribution is 2.39. The molecule has 2 heterocycles. The summed E-state index contributed by atoms with van der Waals surface area (Å²) in [4.78, 5) is 15.4. The second-order valence-electron chi connectivity index (χ2n) is 6.57. The second-order valence-corrected chi connectivity index (χ2v) is 6.57. The Hall–Kier alpha value is -3.01. The summed E-state index contributed by atoms with van der Waals surface area (Å²) in [6, 6.07) is 4.53. The number of aromatic nitrogens is 3. The number of hydrogen-bond acceptors (Lipinski definition) is 5. The van der Waals surface area contributed by atoms with Gasteiger partial charge in [0.05, 0.1) is 42.1 Å². The molecule has 1 aliphatic carbocycles. The highest BCUT2D eigenvalue weighted by atomic mass is 19.3. The first-order valence-corrected chi connectivity index (χ1v) is 9.04. The Morgan fingerprint density at radius 2 is 2.07 bits per heavy atom. The minimum Gasteiger partial charge on any atom is -0.487 e. The summed E-state index contributed by atoms with van der Waals surface area (Å²) in [5.74, 6) is 0.119. The van der Waals surface area contributed by atoms with Gasteiger partial charge in [-0.1, -0.05) is 0 Å². The van der Waals surface area contributed by atoms with Crippen molar-refractivity contribution in [2.24, 2.45) is 0 Å². The molecule has 2 N–H and O–H groups in total. The van der Waals surface area contributed by atoms with E-state index in [-0.39, 0.29) is 30.8 Å². The van der Waals surface area contributed by atoms with Gasteiger partial charge in [-0.3, -0.25) is 4.79 Å². The average Bonchev–Trinajstić information content (AvgIpc) is 3.42.